The molecule has 1 rings (SSSR count). The van der Waals surface area contributed by atoms with Crippen LogP contribution < -0.4 is 20.9 Å². The molecule has 3 N–H and O–H groups in total. The molecular weight excluding hydrogens is 234 g/mol. The standard InChI is InChI=1S/C10H19N7O/c1-7(18)12-5-6-13-9-14-8(11-2)15-10(16-9)17(3)4/h5-6H2,1-4H3,(H,12,18)(H2,11,13,14,15,16). The van der Waals surface area contributed by atoms with E-state index in [2.05, 4.69) is 30.9 Å². The molecule has 8 nitrogen and oxygen atoms in total. The average molecular weight is 253 g/mol. The van der Waals surface area contributed by atoms with E-state index in [4.69, 9.17) is 0 Å². The Morgan fingerprint density at radius 2 is 1.83 bits per heavy atom. The number of nitrogens with one attached hydrogen (secondary N) is 3. The Bertz CT molecular complexity index is 407. The topological polar surface area (TPSA) is 95.1 Å². The van der Waals surface area contributed by atoms with Gasteiger partial charge in [-0.1, -0.05) is 0 Å². The molecule has 1 aromatic rings. The van der Waals surface area contributed by atoms with Gasteiger partial charge in [-0.25, -0.2) is 0 Å². The summed E-state index contributed by atoms with van der Waals surface area (Å²) in [5.74, 6) is 1.48. The predicted molar refractivity (Wildman–Crippen MR) is 70.9 cm³/mol. The lowest BCUT2D eigenvalue weighted by molar-refractivity contribution is -0.118. The highest BCUT2D eigenvalue weighted by molar-refractivity contribution is 5.72. The molecule has 0 saturated carbocycles. The fourth-order valence-electron chi connectivity index (χ4n) is 1.17. The molecule has 0 atom stereocenters. The second kappa shape index (κ2) is 6.58. The molecular formula is C10H19N7O. The van der Waals surface area contributed by atoms with Crippen molar-refractivity contribution >= 4 is 23.8 Å². The second-order valence-electron chi connectivity index (χ2n) is 3.84. The van der Waals surface area contributed by atoms with Crippen molar-refractivity contribution in [3.05, 3.63) is 0 Å². The zero-order chi connectivity index (χ0) is 13.5. The maximum Gasteiger partial charge on any atom is 0.231 e. The first-order valence-electron chi connectivity index (χ1n) is 5.62. The van der Waals surface area contributed by atoms with Crippen molar-refractivity contribution in [1.82, 2.24) is 20.3 Å². The van der Waals surface area contributed by atoms with Gasteiger partial charge < -0.3 is 20.9 Å². The van der Waals surface area contributed by atoms with Crippen LogP contribution in [0, 0.1) is 0 Å². The Labute approximate surface area is 106 Å². The molecule has 0 saturated heterocycles. The average Bonchev–Trinajstić information content (AvgIpc) is 2.34. The van der Waals surface area contributed by atoms with E-state index in [1.165, 1.54) is 6.92 Å². The molecule has 0 aromatic carbocycles. The van der Waals surface area contributed by atoms with Crippen LogP contribution in [-0.2, 0) is 4.79 Å². The third kappa shape index (κ3) is 4.40. The maximum atomic E-state index is 10.7. The quantitative estimate of drug-likeness (QED) is 0.590. The fourth-order valence-corrected chi connectivity index (χ4v) is 1.17. The summed E-state index contributed by atoms with van der Waals surface area (Å²) < 4.78 is 0. The molecule has 8 heteroatoms. The number of hydrogen-bond acceptors (Lipinski definition) is 7. The number of carbonyl (C=O) groups excluding carboxylic acids is 1. The van der Waals surface area contributed by atoms with Gasteiger partial charge in [0.1, 0.15) is 0 Å². The number of hydrogen-bond donors (Lipinski definition) is 3. The number of amides is 1. The third-order valence-corrected chi connectivity index (χ3v) is 2.03. The van der Waals surface area contributed by atoms with E-state index in [1.807, 2.05) is 14.1 Å². The number of nitrogens with zero attached hydrogens (tertiary/aromatic N) is 4. The van der Waals surface area contributed by atoms with E-state index in [0.29, 0.717) is 30.9 Å². The Morgan fingerprint density at radius 1 is 1.17 bits per heavy atom. The van der Waals surface area contributed by atoms with Crippen molar-refractivity contribution in [2.24, 2.45) is 0 Å². The van der Waals surface area contributed by atoms with E-state index < -0.39 is 0 Å². The number of carbonyl (C=O) groups is 1. The van der Waals surface area contributed by atoms with E-state index >= 15 is 0 Å². The first kappa shape index (κ1) is 13.9. The molecule has 18 heavy (non-hydrogen) atoms. The Hall–Kier alpha value is -2.12. The summed E-state index contributed by atoms with van der Waals surface area (Å²) in [6.45, 7) is 2.55. The monoisotopic (exact) mass is 253 g/mol. The van der Waals surface area contributed by atoms with E-state index in [0.717, 1.165) is 0 Å². The van der Waals surface area contributed by atoms with E-state index in [1.54, 1.807) is 11.9 Å². The lowest BCUT2D eigenvalue weighted by Gasteiger charge is -2.13. The summed E-state index contributed by atoms with van der Waals surface area (Å²) in [5, 5.41) is 8.58. The summed E-state index contributed by atoms with van der Waals surface area (Å²) in [6.07, 6.45) is 0. The molecule has 1 amide bonds. The molecule has 0 unspecified atom stereocenters. The third-order valence-electron chi connectivity index (χ3n) is 2.03. The zero-order valence-electron chi connectivity index (χ0n) is 11.1. The second-order valence-corrected chi connectivity index (χ2v) is 3.84. The summed E-state index contributed by atoms with van der Waals surface area (Å²) in [6, 6.07) is 0. The SMILES string of the molecule is CNc1nc(NCCNC(C)=O)nc(N(C)C)n1. The fraction of sp³-hybridized carbons (Fsp3) is 0.600. The van der Waals surface area contributed by atoms with Gasteiger partial charge in [-0.15, -0.1) is 0 Å². The lowest BCUT2D eigenvalue weighted by Crippen LogP contribution is -2.27. The summed E-state index contributed by atoms with van der Waals surface area (Å²) in [4.78, 5) is 25.1. The first-order valence-corrected chi connectivity index (χ1v) is 5.62. The Balaban J connectivity index is 2.63. The number of aromatic nitrogens is 3. The predicted octanol–water partition coefficient (Wildman–Crippen LogP) is -0.473. The smallest absolute Gasteiger partial charge is 0.231 e. The van der Waals surface area contributed by atoms with E-state index in [-0.39, 0.29) is 5.91 Å². The molecule has 1 heterocycles. The molecule has 1 aromatic heterocycles. The highest BCUT2D eigenvalue weighted by Gasteiger charge is 2.06. The highest BCUT2D eigenvalue weighted by atomic mass is 16.1. The van der Waals surface area contributed by atoms with Gasteiger partial charge >= 0.3 is 0 Å². The minimum absolute atomic E-state index is 0.0580. The number of anilines is 3. The Morgan fingerprint density at radius 3 is 2.39 bits per heavy atom. The van der Waals surface area contributed by atoms with E-state index in [9.17, 15) is 4.79 Å². The van der Waals surface area contributed by atoms with Crippen molar-refractivity contribution in [2.45, 2.75) is 6.92 Å². The van der Waals surface area contributed by atoms with Crippen LogP contribution in [0.2, 0.25) is 0 Å². The lowest BCUT2D eigenvalue weighted by atomic mass is 10.5. The van der Waals surface area contributed by atoms with Gasteiger partial charge in [0.25, 0.3) is 0 Å². The van der Waals surface area contributed by atoms with Crippen molar-refractivity contribution in [3.8, 4) is 0 Å². The van der Waals surface area contributed by atoms with Crippen LogP contribution in [0.15, 0.2) is 0 Å². The van der Waals surface area contributed by atoms with Gasteiger partial charge in [0.2, 0.25) is 23.8 Å². The zero-order valence-corrected chi connectivity index (χ0v) is 11.1. The molecule has 100 valence electrons. The van der Waals surface area contributed by atoms with Crippen LogP contribution in [0.3, 0.4) is 0 Å². The largest absolute Gasteiger partial charge is 0.357 e. The number of rotatable bonds is 6. The van der Waals surface area contributed by atoms with Gasteiger partial charge in [-0.3, -0.25) is 4.79 Å². The highest BCUT2D eigenvalue weighted by Crippen LogP contribution is 2.10. The van der Waals surface area contributed by atoms with Crippen LogP contribution in [0.25, 0.3) is 0 Å². The van der Waals surface area contributed by atoms with Gasteiger partial charge in [-0.05, 0) is 0 Å². The van der Waals surface area contributed by atoms with Crippen molar-refractivity contribution in [2.75, 3.05) is 49.8 Å². The van der Waals surface area contributed by atoms with Crippen LogP contribution in [-0.4, -0.2) is 55.1 Å². The van der Waals surface area contributed by atoms with Crippen molar-refractivity contribution < 1.29 is 4.79 Å². The van der Waals surface area contributed by atoms with Crippen molar-refractivity contribution in [3.63, 3.8) is 0 Å². The normalized spacial score (nSPS) is 9.78. The van der Waals surface area contributed by atoms with Crippen molar-refractivity contribution in [1.29, 1.82) is 0 Å². The molecule has 0 radical (unpaired) electrons. The summed E-state index contributed by atoms with van der Waals surface area (Å²) in [5.41, 5.74) is 0. The molecule has 0 aliphatic rings. The first-order chi connectivity index (χ1) is 8.52. The molecule has 0 aliphatic carbocycles. The Kier molecular flexibility index (Phi) is 5.09. The molecule has 0 aliphatic heterocycles. The molecule has 0 spiro atoms. The minimum Gasteiger partial charge on any atom is -0.357 e. The van der Waals surface area contributed by atoms with Crippen LogP contribution in [0.5, 0.6) is 0 Å². The van der Waals surface area contributed by atoms with Crippen LogP contribution in [0.4, 0.5) is 17.8 Å². The van der Waals surface area contributed by atoms with Gasteiger partial charge in [-0.2, -0.15) is 15.0 Å². The van der Waals surface area contributed by atoms with Gasteiger partial charge in [0.15, 0.2) is 0 Å². The summed E-state index contributed by atoms with van der Waals surface area (Å²) >= 11 is 0. The molecule has 0 bridgehead atoms. The minimum atomic E-state index is -0.0580. The molecule has 0 fully saturated rings. The van der Waals surface area contributed by atoms with Crippen LogP contribution >= 0.6 is 0 Å². The maximum absolute atomic E-state index is 10.7. The van der Waals surface area contributed by atoms with Gasteiger partial charge in [0, 0.05) is 41.2 Å². The van der Waals surface area contributed by atoms with Gasteiger partial charge in [0.05, 0.1) is 0 Å². The van der Waals surface area contributed by atoms with Crippen LogP contribution in [0.1, 0.15) is 6.92 Å². The summed E-state index contributed by atoms with van der Waals surface area (Å²) in [7, 11) is 5.46.